The van der Waals surface area contributed by atoms with Gasteiger partial charge in [-0.15, -0.1) is 12.6 Å². The first-order chi connectivity index (χ1) is 4.79. The number of thiocarbonyl (C=S) groups is 1. The van der Waals surface area contributed by atoms with Crippen molar-refractivity contribution in [2.24, 2.45) is 0 Å². The standard InChI is InChI=1S/C6H11NOS2/c9-6(10)5-7-1-3-8-4-2-7/h1-5H2,(H,9,10). The third kappa shape index (κ3) is 2.96. The molecule has 0 aromatic carbocycles. The average Bonchev–Trinajstić information content (AvgIpc) is 1.88. The van der Waals surface area contributed by atoms with Crippen LogP contribution in [0.1, 0.15) is 0 Å². The fourth-order valence-corrected chi connectivity index (χ4v) is 1.33. The summed E-state index contributed by atoms with van der Waals surface area (Å²) in [4.78, 5) is 2.25. The van der Waals surface area contributed by atoms with E-state index in [9.17, 15) is 0 Å². The maximum Gasteiger partial charge on any atom is 0.0594 e. The van der Waals surface area contributed by atoms with Gasteiger partial charge in [0.2, 0.25) is 0 Å². The van der Waals surface area contributed by atoms with Gasteiger partial charge in [0.15, 0.2) is 0 Å². The van der Waals surface area contributed by atoms with E-state index in [0.29, 0.717) is 0 Å². The summed E-state index contributed by atoms with van der Waals surface area (Å²) in [7, 11) is 0. The number of ether oxygens (including phenoxy) is 1. The van der Waals surface area contributed by atoms with E-state index in [1.165, 1.54) is 0 Å². The Hall–Kier alpha value is 0.360. The van der Waals surface area contributed by atoms with Crippen LogP contribution in [-0.4, -0.2) is 41.9 Å². The third-order valence-corrected chi connectivity index (χ3v) is 1.73. The zero-order chi connectivity index (χ0) is 7.40. The van der Waals surface area contributed by atoms with Crippen molar-refractivity contribution in [1.82, 2.24) is 4.90 Å². The van der Waals surface area contributed by atoms with E-state index in [1.807, 2.05) is 0 Å². The lowest BCUT2D eigenvalue weighted by Gasteiger charge is -2.25. The van der Waals surface area contributed by atoms with Crippen LogP contribution in [0.15, 0.2) is 0 Å². The largest absolute Gasteiger partial charge is 0.379 e. The van der Waals surface area contributed by atoms with Gasteiger partial charge in [-0.05, 0) is 0 Å². The summed E-state index contributed by atoms with van der Waals surface area (Å²) in [5.41, 5.74) is 0. The van der Waals surface area contributed by atoms with E-state index >= 15 is 0 Å². The summed E-state index contributed by atoms with van der Waals surface area (Å²) >= 11 is 8.92. The lowest BCUT2D eigenvalue weighted by Crippen LogP contribution is -2.38. The highest BCUT2D eigenvalue weighted by Crippen LogP contribution is 1.98. The van der Waals surface area contributed by atoms with E-state index in [0.717, 1.165) is 37.0 Å². The molecule has 0 saturated carbocycles. The van der Waals surface area contributed by atoms with Crippen molar-refractivity contribution in [2.45, 2.75) is 0 Å². The van der Waals surface area contributed by atoms with Crippen LogP contribution in [0, 0.1) is 0 Å². The van der Waals surface area contributed by atoms with Gasteiger partial charge >= 0.3 is 0 Å². The molecule has 0 radical (unpaired) electrons. The van der Waals surface area contributed by atoms with E-state index in [4.69, 9.17) is 17.0 Å². The smallest absolute Gasteiger partial charge is 0.0594 e. The molecule has 10 heavy (non-hydrogen) atoms. The van der Waals surface area contributed by atoms with Gasteiger partial charge in [0.25, 0.3) is 0 Å². The van der Waals surface area contributed by atoms with E-state index in [-0.39, 0.29) is 0 Å². The van der Waals surface area contributed by atoms with Gasteiger partial charge in [0, 0.05) is 19.6 Å². The highest BCUT2D eigenvalue weighted by molar-refractivity contribution is 8.11. The maximum absolute atomic E-state index is 5.17. The van der Waals surface area contributed by atoms with E-state index in [1.54, 1.807) is 0 Å². The Morgan fingerprint density at radius 2 is 2.10 bits per heavy atom. The summed E-state index contributed by atoms with van der Waals surface area (Å²) in [5.74, 6) is 0. The number of nitrogens with zero attached hydrogens (tertiary/aromatic N) is 1. The maximum atomic E-state index is 5.17. The van der Waals surface area contributed by atoms with Crippen molar-refractivity contribution in [1.29, 1.82) is 0 Å². The highest BCUT2D eigenvalue weighted by Gasteiger charge is 2.09. The predicted octanol–water partition coefficient (Wildman–Crippen LogP) is 0.576. The number of thiol groups is 1. The summed E-state index contributed by atoms with van der Waals surface area (Å²) < 4.78 is 5.94. The molecule has 0 unspecified atom stereocenters. The molecule has 1 aliphatic rings. The molecular formula is C6H11NOS2. The SMILES string of the molecule is S=C(S)CN1CCOCC1. The number of rotatable bonds is 2. The van der Waals surface area contributed by atoms with Crippen molar-refractivity contribution in [3.05, 3.63) is 0 Å². The Bertz CT molecular complexity index is 123. The van der Waals surface area contributed by atoms with Crippen molar-refractivity contribution < 1.29 is 4.74 Å². The van der Waals surface area contributed by atoms with Crippen LogP contribution in [0.5, 0.6) is 0 Å². The molecule has 0 bridgehead atoms. The first-order valence-electron chi connectivity index (χ1n) is 3.31. The molecule has 4 heteroatoms. The molecule has 0 atom stereocenters. The lowest BCUT2D eigenvalue weighted by molar-refractivity contribution is 0.0458. The minimum atomic E-state index is 0.766. The molecule has 0 spiro atoms. The van der Waals surface area contributed by atoms with Gasteiger partial charge in [-0.2, -0.15) is 0 Å². The van der Waals surface area contributed by atoms with Crippen LogP contribution in [0.4, 0.5) is 0 Å². The first-order valence-corrected chi connectivity index (χ1v) is 4.16. The summed E-state index contributed by atoms with van der Waals surface area (Å²) in [6, 6.07) is 0. The van der Waals surface area contributed by atoms with Gasteiger partial charge in [0.1, 0.15) is 0 Å². The highest BCUT2D eigenvalue weighted by atomic mass is 32.1. The van der Waals surface area contributed by atoms with Gasteiger partial charge in [-0.3, -0.25) is 4.90 Å². The molecular weight excluding hydrogens is 166 g/mol. The molecule has 1 saturated heterocycles. The number of hydrogen-bond donors (Lipinski definition) is 1. The van der Waals surface area contributed by atoms with Crippen LogP contribution < -0.4 is 0 Å². The zero-order valence-electron chi connectivity index (χ0n) is 5.75. The first kappa shape index (κ1) is 8.46. The monoisotopic (exact) mass is 177 g/mol. The molecule has 0 aromatic rings. The van der Waals surface area contributed by atoms with Gasteiger partial charge in [-0.25, -0.2) is 0 Å². The van der Waals surface area contributed by atoms with Crippen LogP contribution in [0.25, 0.3) is 0 Å². The van der Waals surface area contributed by atoms with Crippen LogP contribution in [0.3, 0.4) is 0 Å². The fourth-order valence-electron chi connectivity index (χ4n) is 0.951. The number of hydrogen-bond acceptors (Lipinski definition) is 3. The van der Waals surface area contributed by atoms with Crippen LogP contribution in [-0.2, 0) is 4.74 Å². The molecule has 0 aliphatic carbocycles. The van der Waals surface area contributed by atoms with E-state index < -0.39 is 0 Å². The van der Waals surface area contributed by atoms with Crippen LogP contribution >= 0.6 is 24.8 Å². The molecule has 1 aliphatic heterocycles. The second-order valence-corrected chi connectivity index (χ2v) is 3.62. The minimum Gasteiger partial charge on any atom is -0.379 e. The van der Waals surface area contributed by atoms with Crippen LogP contribution in [0.2, 0.25) is 0 Å². The zero-order valence-corrected chi connectivity index (χ0v) is 7.46. The Labute approximate surface area is 71.9 Å². The average molecular weight is 177 g/mol. The number of morpholine rings is 1. The molecule has 0 aromatic heterocycles. The topological polar surface area (TPSA) is 12.5 Å². The van der Waals surface area contributed by atoms with Gasteiger partial charge in [0.05, 0.1) is 17.4 Å². The molecule has 2 nitrogen and oxygen atoms in total. The second-order valence-electron chi connectivity index (χ2n) is 2.28. The van der Waals surface area contributed by atoms with Crippen molar-refractivity contribution >= 4 is 29.0 Å². The normalized spacial score (nSPS) is 20.9. The van der Waals surface area contributed by atoms with Crippen molar-refractivity contribution in [2.75, 3.05) is 32.8 Å². The Kier molecular flexibility index (Phi) is 3.62. The van der Waals surface area contributed by atoms with Gasteiger partial charge in [-0.1, -0.05) is 12.2 Å². The molecule has 1 rings (SSSR count). The summed E-state index contributed by atoms with van der Waals surface area (Å²) in [6.07, 6.45) is 0. The second kappa shape index (κ2) is 4.28. The fraction of sp³-hybridized carbons (Fsp3) is 0.833. The summed E-state index contributed by atoms with van der Waals surface area (Å²) in [6.45, 7) is 4.45. The Morgan fingerprint density at radius 1 is 1.50 bits per heavy atom. The van der Waals surface area contributed by atoms with E-state index in [2.05, 4.69) is 17.5 Å². The third-order valence-electron chi connectivity index (χ3n) is 1.46. The molecule has 0 amide bonds. The molecule has 1 fully saturated rings. The van der Waals surface area contributed by atoms with Crippen molar-refractivity contribution in [3.63, 3.8) is 0 Å². The van der Waals surface area contributed by atoms with Crippen molar-refractivity contribution in [3.8, 4) is 0 Å². The quantitative estimate of drug-likeness (QED) is 0.489. The van der Waals surface area contributed by atoms with Gasteiger partial charge < -0.3 is 4.74 Å². The molecule has 1 heterocycles. The lowest BCUT2D eigenvalue weighted by atomic mass is 10.4. The molecule has 58 valence electrons. The predicted molar refractivity (Wildman–Crippen MR) is 48.8 cm³/mol. The Morgan fingerprint density at radius 3 is 2.60 bits per heavy atom. The molecule has 0 N–H and O–H groups in total. The Balaban J connectivity index is 2.19. The summed E-state index contributed by atoms with van der Waals surface area (Å²) in [5, 5.41) is 0. The minimum absolute atomic E-state index is 0.766.